The van der Waals surface area contributed by atoms with Gasteiger partial charge in [-0.2, -0.15) is 0 Å². The molecule has 13 heavy (non-hydrogen) atoms. The molecule has 0 aromatic carbocycles. The summed E-state index contributed by atoms with van der Waals surface area (Å²) in [6, 6.07) is 0. The van der Waals surface area contributed by atoms with Crippen LogP contribution in [-0.4, -0.2) is 23.9 Å². The van der Waals surface area contributed by atoms with Gasteiger partial charge in [0, 0.05) is 12.5 Å². The fourth-order valence-electron chi connectivity index (χ4n) is 2.63. The zero-order chi connectivity index (χ0) is 9.31. The van der Waals surface area contributed by atoms with Gasteiger partial charge < -0.3 is 9.84 Å². The third kappa shape index (κ3) is 1.89. The molecule has 0 amide bonds. The maximum Gasteiger partial charge on any atom is 0.0698 e. The molecule has 1 atom stereocenters. The first kappa shape index (κ1) is 9.47. The van der Waals surface area contributed by atoms with Crippen LogP contribution in [0.3, 0.4) is 0 Å². The second kappa shape index (κ2) is 3.58. The fraction of sp³-hybridized carbons (Fsp3) is 1.00. The lowest BCUT2D eigenvalue weighted by atomic mass is 9.72. The van der Waals surface area contributed by atoms with Crippen LogP contribution < -0.4 is 0 Å². The minimum atomic E-state index is -0.386. The SMILES string of the molecule is CC1CCC(O)(C2CCOC2)CC1. The summed E-state index contributed by atoms with van der Waals surface area (Å²) < 4.78 is 5.34. The van der Waals surface area contributed by atoms with Crippen molar-refractivity contribution < 1.29 is 9.84 Å². The largest absolute Gasteiger partial charge is 0.390 e. The van der Waals surface area contributed by atoms with E-state index in [-0.39, 0.29) is 5.60 Å². The molecule has 1 N–H and O–H groups in total. The Morgan fingerprint density at radius 3 is 2.46 bits per heavy atom. The van der Waals surface area contributed by atoms with E-state index in [2.05, 4.69) is 6.92 Å². The lowest BCUT2D eigenvalue weighted by Crippen LogP contribution is -2.41. The van der Waals surface area contributed by atoms with Crippen molar-refractivity contribution in [2.24, 2.45) is 11.8 Å². The van der Waals surface area contributed by atoms with Crippen molar-refractivity contribution in [3.8, 4) is 0 Å². The van der Waals surface area contributed by atoms with Crippen LogP contribution in [-0.2, 0) is 4.74 Å². The van der Waals surface area contributed by atoms with Crippen LogP contribution >= 0.6 is 0 Å². The van der Waals surface area contributed by atoms with Crippen LogP contribution in [0.2, 0.25) is 0 Å². The molecule has 2 fully saturated rings. The van der Waals surface area contributed by atoms with Gasteiger partial charge in [0.25, 0.3) is 0 Å². The Balaban J connectivity index is 1.95. The first-order valence-electron chi connectivity index (χ1n) is 5.51. The molecule has 1 saturated heterocycles. The molecule has 0 aromatic rings. The summed E-state index contributed by atoms with van der Waals surface area (Å²) in [5, 5.41) is 10.4. The lowest BCUT2D eigenvalue weighted by molar-refractivity contribution is -0.0590. The molecule has 1 saturated carbocycles. The van der Waals surface area contributed by atoms with Crippen molar-refractivity contribution in [3.05, 3.63) is 0 Å². The molecule has 2 aliphatic rings. The zero-order valence-corrected chi connectivity index (χ0v) is 8.46. The van der Waals surface area contributed by atoms with Crippen LogP contribution in [0.15, 0.2) is 0 Å². The predicted octanol–water partition coefficient (Wildman–Crippen LogP) is 1.96. The normalized spacial score (nSPS) is 46.6. The van der Waals surface area contributed by atoms with Crippen LogP contribution in [0.1, 0.15) is 39.0 Å². The van der Waals surface area contributed by atoms with Gasteiger partial charge in [-0.3, -0.25) is 0 Å². The average Bonchev–Trinajstić information content (AvgIpc) is 2.63. The van der Waals surface area contributed by atoms with E-state index in [0.29, 0.717) is 5.92 Å². The number of hydrogen-bond acceptors (Lipinski definition) is 2. The molecule has 2 nitrogen and oxygen atoms in total. The second-order valence-corrected chi connectivity index (χ2v) is 4.85. The van der Waals surface area contributed by atoms with Crippen LogP contribution in [0.5, 0.6) is 0 Å². The standard InChI is InChI=1S/C11H20O2/c1-9-2-5-11(12,6-3-9)10-4-7-13-8-10/h9-10,12H,2-8H2,1H3. The minimum absolute atomic E-state index is 0.386. The van der Waals surface area contributed by atoms with E-state index < -0.39 is 0 Å². The summed E-state index contributed by atoms with van der Waals surface area (Å²) in [5.74, 6) is 1.22. The van der Waals surface area contributed by atoms with Crippen molar-refractivity contribution in [2.45, 2.75) is 44.6 Å². The molecule has 2 rings (SSSR count). The first-order chi connectivity index (χ1) is 6.21. The molecule has 1 heterocycles. The topological polar surface area (TPSA) is 29.5 Å². The van der Waals surface area contributed by atoms with Crippen molar-refractivity contribution in [1.82, 2.24) is 0 Å². The number of hydrogen-bond donors (Lipinski definition) is 1. The third-order valence-electron chi connectivity index (χ3n) is 3.83. The molecule has 0 radical (unpaired) electrons. The van der Waals surface area contributed by atoms with E-state index in [9.17, 15) is 5.11 Å². The molecule has 0 aromatic heterocycles. The molecule has 2 heteroatoms. The highest BCUT2D eigenvalue weighted by Gasteiger charge is 2.40. The summed E-state index contributed by atoms with van der Waals surface area (Å²) in [4.78, 5) is 0. The molecular formula is C11H20O2. The fourth-order valence-corrected chi connectivity index (χ4v) is 2.63. The minimum Gasteiger partial charge on any atom is -0.390 e. The Hall–Kier alpha value is -0.0800. The molecule has 76 valence electrons. The van der Waals surface area contributed by atoms with Crippen LogP contribution in [0, 0.1) is 11.8 Å². The van der Waals surface area contributed by atoms with Crippen molar-refractivity contribution in [1.29, 1.82) is 0 Å². The summed E-state index contributed by atoms with van der Waals surface area (Å²) in [6.45, 7) is 3.91. The van der Waals surface area contributed by atoms with Gasteiger partial charge in [-0.05, 0) is 38.0 Å². The van der Waals surface area contributed by atoms with E-state index in [1.165, 1.54) is 12.8 Å². The highest BCUT2D eigenvalue weighted by molar-refractivity contribution is 4.91. The van der Waals surface area contributed by atoms with Gasteiger partial charge in [-0.25, -0.2) is 0 Å². The van der Waals surface area contributed by atoms with Crippen LogP contribution in [0.4, 0.5) is 0 Å². The number of aliphatic hydroxyl groups is 1. The monoisotopic (exact) mass is 184 g/mol. The van der Waals surface area contributed by atoms with Crippen molar-refractivity contribution in [2.75, 3.05) is 13.2 Å². The Kier molecular flexibility index (Phi) is 2.61. The number of rotatable bonds is 1. The zero-order valence-electron chi connectivity index (χ0n) is 8.46. The number of ether oxygens (including phenoxy) is 1. The van der Waals surface area contributed by atoms with Gasteiger partial charge in [0.05, 0.1) is 12.2 Å². The Morgan fingerprint density at radius 2 is 1.92 bits per heavy atom. The molecule has 0 spiro atoms. The van der Waals surface area contributed by atoms with Gasteiger partial charge in [0.2, 0.25) is 0 Å². The summed E-state index contributed by atoms with van der Waals surface area (Å²) >= 11 is 0. The van der Waals surface area contributed by atoms with Gasteiger partial charge in [-0.15, -0.1) is 0 Å². The Labute approximate surface area is 80.3 Å². The molecular weight excluding hydrogens is 164 g/mol. The summed E-state index contributed by atoms with van der Waals surface area (Å²) in [7, 11) is 0. The third-order valence-corrected chi connectivity index (χ3v) is 3.83. The predicted molar refractivity (Wildman–Crippen MR) is 51.5 cm³/mol. The van der Waals surface area contributed by atoms with Gasteiger partial charge in [0.15, 0.2) is 0 Å². The highest BCUT2D eigenvalue weighted by atomic mass is 16.5. The summed E-state index contributed by atoms with van der Waals surface area (Å²) in [6.07, 6.45) is 5.41. The van der Waals surface area contributed by atoms with Gasteiger partial charge in [0.1, 0.15) is 0 Å². The van der Waals surface area contributed by atoms with E-state index in [1.807, 2.05) is 0 Å². The maximum absolute atomic E-state index is 10.4. The van der Waals surface area contributed by atoms with E-state index in [0.717, 1.165) is 38.4 Å². The van der Waals surface area contributed by atoms with Crippen molar-refractivity contribution >= 4 is 0 Å². The lowest BCUT2D eigenvalue weighted by Gasteiger charge is -2.38. The first-order valence-corrected chi connectivity index (χ1v) is 5.51. The van der Waals surface area contributed by atoms with Gasteiger partial charge in [-0.1, -0.05) is 6.92 Å². The van der Waals surface area contributed by atoms with E-state index >= 15 is 0 Å². The molecule has 1 unspecified atom stereocenters. The quantitative estimate of drug-likeness (QED) is 0.675. The maximum atomic E-state index is 10.4. The molecule has 1 aliphatic heterocycles. The van der Waals surface area contributed by atoms with E-state index in [1.54, 1.807) is 0 Å². The average molecular weight is 184 g/mol. The Bertz CT molecular complexity index is 165. The highest BCUT2D eigenvalue weighted by Crippen LogP contribution is 2.39. The van der Waals surface area contributed by atoms with E-state index in [4.69, 9.17) is 4.74 Å². The van der Waals surface area contributed by atoms with Gasteiger partial charge >= 0.3 is 0 Å². The molecule has 0 bridgehead atoms. The molecule has 1 aliphatic carbocycles. The smallest absolute Gasteiger partial charge is 0.0698 e. The van der Waals surface area contributed by atoms with Crippen LogP contribution in [0.25, 0.3) is 0 Å². The summed E-state index contributed by atoms with van der Waals surface area (Å²) in [5.41, 5.74) is -0.386. The Morgan fingerprint density at radius 1 is 1.23 bits per heavy atom. The second-order valence-electron chi connectivity index (χ2n) is 4.85. The van der Waals surface area contributed by atoms with Crippen molar-refractivity contribution in [3.63, 3.8) is 0 Å².